The van der Waals surface area contributed by atoms with Gasteiger partial charge in [-0.15, -0.1) is 11.8 Å². The van der Waals surface area contributed by atoms with Crippen molar-refractivity contribution in [3.05, 3.63) is 94.7 Å². The number of benzene rings is 2. The summed E-state index contributed by atoms with van der Waals surface area (Å²) in [6, 6.07) is 18.3. The van der Waals surface area contributed by atoms with Crippen LogP contribution < -0.4 is 5.32 Å². The second-order valence-corrected chi connectivity index (χ2v) is 13.3. The van der Waals surface area contributed by atoms with Crippen molar-refractivity contribution in [1.29, 1.82) is 0 Å². The minimum absolute atomic E-state index is 0.0132. The molecular weight excluding hydrogens is 566 g/mol. The molecule has 0 radical (unpaired) electrons. The minimum atomic E-state index is -0.852. The Kier molecular flexibility index (Phi) is 7.81. The first-order valence-electron chi connectivity index (χ1n) is 14.6. The van der Waals surface area contributed by atoms with E-state index in [1.807, 2.05) is 65.6 Å². The van der Waals surface area contributed by atoms with Gasteiger partial charge in [0.2, 0.25) is 5.91 Å². The highest BCUT2D eigenvalue weighted by Gasteiger charge is 2.55. The molecule has 224 valence electrons. The summed E-state index contributed by atoms with van der Waals surface area (Å²) in [5.74, 6) is -0.740. The summed E-state index contributed by atoms with van der Waals surface area (Å²) in [7, 11) is 0. The molecule has 6 rings (SSSR count). The zero-order valence-corrected chi connectivity index (χ0v) is 25.3. The third-order valence-electron chi connectivity index (χ3n) is 7.79. The second kappa shape index (κ2) is 11.6. The fourth-order valence-electron chi connectivity index (χ4n) is 5.64. The second-order valence-electron chi connectivity index (χ2n) is 12.2. The third kappa shape index (κ3) is 6.06. The number of amides is 3. The number of ether oxygens (including phenoxy) is 2. The van der Waals surface area contributed by atoms with Crippen molar-refractivity contribution in [2.75, 3.05) is 12.3 Å². The summed E-state index contributed by atoms with van der Waals surface area (Å²) < 4.78 is 11.6. The number of esters is 1. The van der Waals surface area contributed by atoms with Gasteiger partial charge in [0.05, 0.1) is 0 Å². The first-order chi connectivity index (χ1) is 20.6. The van der Waals surface area contributed by atoms with E-state index < -0.39 is 41.1 Å². The monoisotopic (exact) mass is 601 g/mol. The van der Waals surface area contributed by atoms with Crippen molar-refractivity contribution < 1.29 is 28.7 Å². The summed E-state index contributed by atoms with van der Waals surface area (Å²) >= 11 is 1.43. The van der Waals surface area contributed by atoms with Crippen LogP contribution in [0.15, 0.2) is 83.6 Å². The molecule has 0 unspecified atom stereocenters. The van der Waals surface area contributed by atoms with E-state index in [2.05, 4.69) is 5.32 Å². The van der Waals surface area contributed by atoms with Crippen LogP contribution in [-0.2, 0) is 23.9 Å². The average molecular weight is 602 g/mol. The highest BCUT2D eigenvalue weighted by Crippen LogP contribution is 2.43. The lowest BCUT2D eigenvalue weighted by atomic mass is 10.00. The summed E-state index contributed by atoms with van der Waals surface area (Å²) in [6.07, 6.45) is 2.98. The van der Waals surface area contributed by atoms with Crippen molar-refractivity contribution in [2.45, 2.75) is 69.2 Å². The Balaban J connectivity index is 1.33. The lowest BCUT2D eigenvalue weighted by Gasteiger charge is -2.49. The predicted octanol–water partition coefficient (Wildman–Crippen LogP) is 4.70. The van der Waals surface area contributed by atoms with Crippen LogP contribution >= 0.6 is 11.8 Å². The van der Waals surface area contributed by atoms with Gasteiger partial charge in [-0.1, -0.05) is 60.7 Å². The van der Waals surface area contributed by atoms with E-state index >= 15 is 0 Å². The van der Waals surface area contributed by atoms with Crippen LogP contribution in [0.2, 0.25) is 0 Å². The van der Waals surface area contributed by atoms with Crippen molar-refractivity contribution in [3.8, 4) is 0 Å². The molecule has 3 heterocycles. The lowest BCUT2D eigenvalue weighted by molar-refractivity contribution is -0.153. The molecule has 4 aliphatic rings. The smallest absolute Gasteiger partial charge is 0.408 e. The molecule has 2 aromatic rings. The number of nitrogens with one attached hydrogen (secondary N) is 1. The van der Waals surface area contributed by atoms with Crippen molar-refractivity contribution in [2.24, 2.45) is 0 Å². The Morgan fingerprint density at radius 3 is 2.21 bits per heavy atom. The Bertz CT molecular complexity index is 1460. The number of thioether (sulfide) groups is 1. The van der Waals surface area contributed by atoms with E-state index in [0.29, 0.717) is 35.9 Å². The van der Waals surface area contributed by atoms with Gasteiger partial charge in [0.1, 0.15) is 22.7 Å². The number of β-lactam (4-membered cyclic amide) rings is 1. The maximum absolute atomic E-state index is 14.1. The van der Waals surface area contributed by atoms with E-state index in [-0.39, 0.29) is 11.6 Å². The van der Waals surface area contributed by atoms with Crippen LogP contribution in [0.5, 0.6) is 0 Å². The van der Waals surface area contributed by atoms with Gasteiger partial charge in [0, 0.05) is 23.9 Å². The molecule has 3 aliphatic heterocycles. The highest BCUT2D eigenvalue weighted by atomic mass is 32.2. The molecular formula is C33H35N3O6S. The topological polar surface area (TPSA) is 105 Å². The Morgan fingerprint density at radius 2 is 1.63 bits per heavy atom. The van der Waals surface area contributed by atoms with Crippen LogP contribution in [0.1, 0.15) is 57.3 Å². The molecule has 1 saturated carbocycles. The summed E-state index contributed by atoms with van der Waals surface area (Å²) in [4.78, 5) is 56.7. The largest absolute Gasteiger partial charge is 0.448 e. The molecule has 10 heteroatoms. The molecule has 3 amide bonds. The zero-order chi connectivity index (χ0) is 30.3. The standard InChI is InChI=1S/C33H35N3O6S/c1-33(2,3)42-32(40)34-25-29(38)36-26(23(19-43-30(25)36)18-22-16-17-35(28(22)37)24-14-15-24)31(39)41-27(20-10-6-4-7-11-20)21-12-8-5-9-13-21/h4-13,18,24-25,27,30H,14-17,19H2,1-3H3,(H,34,40)/b22-18+/t25-,30-/m1/s1. The highest BCUT2D eigenvalue weighted by molar-refractivity contribution is 8.00. The zero-order valence-electron chi connectivity index (χ0n) is 24.4. The van der Waals surface area contributed by atoms with Gasteiger partial charge in [0.25, 0.3) is 5.91 Å². The first kappa shape index (κ1) is 29.0. The van der Waals surface area contributed by atoms with Gasteiger partial charge < -0.3 is 19.7 Å². The van der Waals surface area contributed by atoms with Crippen LogP contribution in [0.3, 0.4) is 0 Å². The molecule has 2 saturated heterocycles. The van der Waals surface area contributed by atoms with Gasteiger partial charge in [-0.2, -0.15) is 0 Å². The number of carbonyl (C=O) groups excluding carboxylic acids is 4. The molecule has 1 aliphatic carbocycles. The molecule has 0 spiro atoms. The number of allylic oxidation sites excluding steroid dienone is 1. The average Bonchev–Trinajstić information content (AvgIpc) is 3.77. The fraction of sp³-hybridized carbons (Fsp3) is 0.394. The third-order valence-corrected chi connectivity index (χ3v) is 9.09. The SMILES string of the molecule is CC(C)(C)OC(=O)N[C@@H]1C(=O)N2C(C(=O)OC(c3ccccc3)c3ccccc3)=C(/C=C3\CCN(C4CC4)C3=O)CS[C@H]12. The Hall–Kier alpha value is -4.05. The van der Waals surface area contributed by atoms with Crippen LogP contribution in [0.25, 0.3) is 0 Å². The number of fused-ring (bicyclic) bond motifs is 1. The number of likely N-dealkylation sites (tertiary alicyclic amines) is 1. The number of hydrogen-bond donors (Lipinski definition) is 1. The molecule has 3 fully saturated rings. The lowest BCUT2D eigenvalue weighted by Crippen LogP contribution is -2.70. The molecule has 1 N–H and O–H groups in total. The van der Waals surface area contributed by atoms with E-state index in [4.69, 9.17) is 9.47 Å². The molecule has 2 aromatic carbocycles. The summed E-state index contributed by atoms with van der Waals surface area (Å²) in [6.45, 7) is 5.90. The number of hydrogen-bond acceptors (Lipinski definition) is 7. The maximum atomic E-state index is 14.1. The van der Waals surface area contributed by atoms with E-state index in [0.717, 1.165) is 24.0 Å². The molecule has 0 bridgehead atoms. The van der Waals surface area contributed by atoms with Crippen molar-refractivity contribution >= 4 is 35.6 Å². The van der Waals surface area contributed by atoms with Crippen LogP contribution in [0, 0.1) is 0 Å². The quantitative estimate of drug-likeness (QED) is 0.279. The fourth-order valence-corrected chi connectivity index (χ4v) is 6.94. The minimum Gasteiger partial charge on any atom is -0.448 e. The van der Waals surface area contributed by atoms with Gasteiger partial charge >= 0.3 is 12.1 Å². The number of rotatable bonds is 7. The van der Waals surface area contributed by atoms with Gasteiger partial charge in [-0.05, 0) is 62.8 Å². The number of alkyl carbamates (subject to hydrolysis) is 1. The first-order valence-corrected chi connectivity index (χ1v) is 15.7. The number of nitrogens with zero attached hydrogens (tertiary/aromatic N) is 2. The Labute approximate surface area is 255 Å². The predicted molar refractivity (Wildman–Crippen MR) is 162 cm³/mol. The van der Waals surface area contributed by atoms with Gasteiger partial charge in [-0.3, -0.25) is 14.5 Å². The molecule has 2 atom stereocenters. The Morgan fingerprint density at radius 1 is 1.00 bits per heavy atom. The molecule has 9 nitrogen and oxygen atoms in total. The summed E-state index contributed by atoms with van der Waals surface area (Å²) in [5.41, 5.74) is 2.15. The molecule has 43 heavy (non-hydrogen) atoms. The normalized spacial score (nSPS) is 22.9. The van der Waals surface area contributed by atoms with Crippen LogP contribution in [-0.4, -0.2) is 69.0 Å². The van der Waals surface area contributed by atoms with E-state index in [1.165, 1.54) is 16.7 Å². The summed E-state index contributed by atoms with van der Waals surface area (Å²) in [5, 5.41) is 2.16. The van der Waals surface area contributed by atoms with Gasteiger partial charge in [0.15, 0.2) is 6.10 Å². The molecule has 0 aromatic heterocycles. The van der Waals surface area contributed by atoms with Crippen molar-refractivity contribution in [1.82, 2.24) is 15.1 Å². The van der Waals surface area contributed by atoms with Gasteiger partial charge in [-0.25, -0.2) is 9.59 Å². The van der Waals surface area contributed by atoms with E-state index in [1.54, 1.807) is 26.8 Å². The maximum Gasteiger partial charge on any atom is 0.408 e. The van der Waals surface area contributed by atoms with Crippen molar-refractivity contribution in [3.63, 3.8) is 0 Å². The van der Waals surface area contributed by atoms with E-state index in [9.17, 15) is 19.2 Å². The van der Waals surface area contributed by atoms with Crippen LogP contribution in [0.4, 0.5) is 4.79 Å². The number of carbonyl (C=O) groups is 4.